The first-order valence-corrected chi connectivity index (χ1v) is 17.3. The van der Waals surface area contributed by atoms with E-state index in [1.807, 2.05) is 24.3 Å². The van der Waals surface area contributed by atoms with Gasteiger partial charge in [0.2, 0.25) is 0 Å². The average Bonchev–Trinajstić information content (AvgIpc) is 3.95. The maximum Gasteiger partial charge on any atom is 0.252 e. The quantitative estimate of drug-likeness (QED) is 0.176. The molecule has 7 aromatic carbocycles. The van der Waals surface area contributed by atoms with Crippen molar-refractivity contribution < 1.29 is 8.83 Å². The molecule has 0 atom stereocenters. The highest BCUT2D eigenvalue weighted by molar-refractivity contribution is 7.00. The van der Waals surface area contributed by atoms with Crippen LogP contribution in [0, 0.1) is 0 Å². The van der Waals surface area contributed by atoms with E-state index in [1.165, 1.54) is 16.4 Å². The number of rotatable bonds is 2. The van der Waals surface area contributed by atoms with Gasteiger partial charge in [0.15, 0.2) is 0 Å². The van der Waals surface area contributed by atoms with Crippen LogP contribution in [0.1, 0.15) is 0 Å². The summed E-state index contributed by atoms with van der Waals surface area (Å²) in [6.45, 7) is 0.0155. The van der Waals surface area contributed by atoms with Crippen LogP contribution in [0.3, 0.4) is 0 Å². The van der Waals surface area contributed by atoms with E-state index >= 15 is 0 Å². The zero-order chi connectivity index (χ0) is 32.9. The molecule has 2 aliphatic heterocycles. The number of hydrogen-bond acceptors (Lipinski definition) is 4. The number of fused-ring (bicyclic) bond motifs is 10. The minimum atomic E-state index is 0.0155. The maximum absolute atomic E-state index is 6.57. The zero-order valence-electron chi connectivity index (χ0n) is 27.0. The smallest absolute Gasteiger partial charge is 0.252 e. The minimum absolute atomic E-state index is 0.0155. The molecular formula is C44H23BN4O2. The van der Waals surface area contributed by atoms with Crippen LogP contribution in [0.5, 0.6) is 0 Å². The highest BCUT2D eigenvalue weighted by Crippen LogP contribution is 2.41. The molecule has 0 N–H and O–H groups in total. The van der Waals surface area contributed by atoms with E-state index in [0.717, 1.165) is 100 Å². The van der Waals surface area contributed by atoms with Gasteiger partial charge >= 0.3 is 0 Å². The van der Waals surface area contributed by atoms with Gasteiger partial charge in [0.1, 0.15) is 34.0 Å². The fraction of sp³-hybridized carbons (Fsp3) is 0. The Morgan fingerprint density at radius 3 is 1.41 bits per heavy atom. The summed E-state index contributed by atoms with van der Waals surface area (Å²) in [4.78, 5) is 10.7. The summed E-state index contributed by atoms with van der Waals surface area (Å²) in [6, 6.07) is 49.0. The lowest BCUT2D eigenvalue weighted by molar-refractivity contribution is 0.669. The van der Waals surface area contributed by atoms with E-state index in [1.54, 1.807) is 0 Å². The lowest BCUT2D eigenvalue weighted by Crippen LogP contribution is -2.59. The highest BCUT2D eigenvalue weighted by atomic mass is 16.3. The van der Waals surface area contributed by atoms with Crippen LogP contribution in [0.25, 0.3) is 100 Å². The van der Waals surface area contributed by atoms with Gasteiger partial charge in [-0.2, -0.15) is 0 Å². The van der Waals surface area contributed by atoms with Crippen molar-refractivity contribution in [1.82, 2.24) is 19.1 Å². The standard InChI is InChI=1S/C44H23BN4O2/c1-3-22-36-24(10-1)26-12-5-14-28(41(26)50-36)43-46-32-18-7-16-30-39(32)48(43)34-20-9-21-35-38(34)45(30)31-17-8-19-33-40(31)49(35)44(47-33)29-15-6-13-27-25-11-2-4-23-37(25)51-42(27)29/h1-23H. The average molecular weight is 651 g/mol. The molecule has 0 radical (unpaired) electrons. The Hall–Kier alpha value is -6.86. The van der Waals surface area contributed by atoms with Gasteiger partial charge in [0, 0.05) is 32.9 Å². The summed E-state index contributed by atoms with van der Waals surface area (Å²) in [5, 5.41) is 4.39. The third kappa shape index (κ3) is 3.11. The van der Waals surface area contributed by atoms with Crippen molar-refractivity contribution in [2.45, 2.75) is 0 Å². The SMILES string of the molecule is c1cc2c3c(c1)-n1c(-c4cccc5c4oc4ccccc45)nc4cccc(c41)B3c1cccc3nc(-c4cccc5c4oc4ccccc45)n-2c13. The van der Waals surface area contributed by atoms with Crippen LogP contribution in [-0.2, 0) is 0 Å². The molecule has 0 aliphatic carbocycles. The van der Waals surface area contributed by atoms with E-state index in [2.05, 4.69) is 124 Å². The lowest BCUT2D eigenvalue weighted by Gasteiger charge is -2.33. The number of hydrogen-bond donors (Lipinski definition) is 0. The maximum atomic E-state index is 6.57. The van der Waals surface area contributed by atoms with E-state index in [-0.39, 0.29) is 6.71 Å². The van der Waals surface area contributed by atoms with Crippen molar-refractivity contribution in [2.75, 3.05) is 0 Å². The van der Waals surface area contributed by atoms with Crippen LogP contribution >= 0.6 is 0 Å². The number of imidazole rings is 2. The summed E-state index contributed by atoms with van der Waals surface area (Å²) in [7, 11) is 0. The van der Waals surface area contributed by atoms with Gasteiger partial charge in [-0.15, -0.1) is 0 Å². The van der Waals surface area contributed by atoms with Crippen molar-refractivity contribution >= 4 is 89.0 Å². The van der Waals surface area contributed by atoms with Gasteiger partial charge < -0.3 is 8.83 Å². The summed E-state index contributed by atoms with van der Waals surface area (Å²) in [5.41, 5.74) is 15.5. The van der Waals surface area contributed by atoms with Crippen molar-refractivity contribution in [3.8, 4) is 34.2 Å². The topological polar surface area (TPSA) is 61.9 Å². The predicted molar refractivity (Wildman–Crippen MR) is 206 cm³/mol. The first-order valence-electron chi connectivity index (χ1n) is 17.3. The zero-order valence-corrected chi connectivity index (χ0v) is 27.0. The Morgan fingerprint density at radius 2 is 0.882 bits per heavy atom. The number of aromatic nitrogens is 4. The van der Waals surface area contributed by atoms with Crippen molar-refractivity contribution in [1.29, 1.82) is 0 Å². The fourth-order valence-corrected chi connectivity index (χ4v) is 9.15. The molecule has 13 rings (SSSR count). The van der Waals surface area contributed by atoms with Gasteiger partial charge in [-0.05, 0) is 64.9 Å². The lowest BCUT2D eigenvalue weighted by atomic mass is 9.34. The molecule has 0 saturated carbocycles. The summed E-state index contributed by atoms with van der Waals surface area (Å²) >= 11 is 0. The Kier molecular flexibility index (Phi) is 4.61. The second kappa shape index (κ2) is 9.03. The molecule has 11 aromatic rings. The molecule has 0 saturated heterocycles. The molecule has 0 spiro atoms. The Balaban J connectivity index is 1.14. The third-order valence-corrected chi connectivity index (χ3v) is 11.2. The van der Waals surface area contributed by atoms with E-state index in [0.29, 0.717) is 0 Å². The third-order valence-electron chi connectivity index (χ3n) is 11.2. The largest absolute Gasteiger partial charge is 0.455 e. The highest BCUT2D eigenvalue weighted by Gasteiger charge is 2.41. The molecule has 0 fully saturated rings. The Morgan fingerprint density at radius 1 is 0.431 bits per heavy atom. The van der Waals surface area contributed by atoms with Gasteiger partial charge in [0.25, 0.3) is 6.71 Å². The molecule has 51 heavy (non-hydrogen) atoms. The van der Waals surface area contributed by atoms with Gasteiger partial charge in [-0.25, -0.2) is 9.97 Å². The second-order valence-electron chi connectivity index (χ2n) is 13.7. The Labute approximate surface area is 289 Å². The predicted octanol–water partition coefficient (Wildman–Crippen LogP) is 8.64. The van der Waals surface area contributed by atoms with Crippen molar-refractivity contribution in [3.63, 3.8) is 0 Å². The normalized spacial score (nSPS) is 13.1. The van der Waals surface area contributed by atoms with Crippen molar-refractivity contribution in [3.05, 3.63) is 140 Å². The number of para-hydroxylation sites is 6. The van der Waals surface area contributed by atoms with Crippen molar-refractivity contribution in [2.24, 2.45) is 0 Å². The summed E-state index contributed by atoms with van der Waals surface area (Å²) in [5.74, 6) is 1.74. The molecule has 6 heterocycles. The van der Waals surface area contributed by atoms with Crippen LogP contribution in [0.15, 0.2) is 148 Å². The van der Waals surface area contributed by atoms with Crippen LogP contribution in [0.2, 0.25) is 0 Å². The monoisotopic (exact) mass is 650 g/mol. The molecule has 0 unspecified atom stereocenters. The summed E-state index contributed by atoms with van der Waals surface area (Å²) < 4.78 is 17.9. The molecule has 7 heteroatoms. The number of benzene rings is 7. The van der Waals surface area contributed by atoms with E-state index in [4.69, 9.17) is 18.8 Å². The minimum Gasteiger partial charge on any atom is -0.455 e. The Bertz CT molecular complexity index is 3130. The molecule has 6 nitrogen and oxygen atoms in total. The van der Waals surface area contributed by atoms with E-state index in [9.17, 15) is 0 Å². The molecule has 234 valence electrons. The molecule has 0 bridgehead atoms. The van der Waals surface area contributed by atoms with Crippen LogP contribution < -0.4 is 16.4 Å². The number of furan rings is 2. The molecule has 0 amide bonds. The second-order valence-corrected chi connectivity index (χ2v) is 13.7. The van der Waals surface area contributed by atoms with Gasteiger partial charge in [-0.3, -0.25) is 9.13 Å². The van der Waals surface area contributed by atoms with Gasteiger partial charge in [0.05, 0.1) is 33.2 Å². The fourth-order valence-electron chi connectivity index (χ4n) is 9.15. The van der Waals surface area contributed by atoms with Gasteiger partial charge in [-0.1, -0.05) is 91.0 Å². The van der Waals surface area contributed by atoms with E-state index < -0.39 is 0 Å². The first kappa shape index (κ1) is 26.1. The first-order chi connectivity index (χ1) is 25.3. The molecular weight excluding hydrogens is 627 g/mol. The number of nitrogens with zero attached hydrogens (tertiary/aromatic N) is 4. The molecule has 2 aliphatic rings. The molecule has 4 aromatic heterocycles. The summed E-state index contributed by atoms with van der Waals surface area (Å²) in [6.07, 6.45) is 0. The van der Waals surface area contributed by atoms with Crippen LogP contribution in [0.4, 0.5) is 0 Å². The van der Waals surface area contributed by atoms with Crippen LogP contribution in [-0.4, -0.2) is 25.8 Å².